The Hall–Kier alpha value is -1.55. The van der Waals surface area contributed by atoms with E-state index < -0.39 is 0 Å². The number of likely N-dealkylation sites (tertiary alicyclic amines) is 1. The minimum Gasteiger partial charge on any atom is -0.497 e. The van der Waals surface area contributed by atoms with Crippen molar-refractivity contribution in [3.05, 3.63) is 29.8 Å². The fourth-order valence-corrected chi connectivity index (χ4v) is 2.42. The standard InChI is InChI=1S/C15H21NO3/c1-3-19-15(17)13-8-9-16(11-13)10-12-4-6-14(18-2)7-5-12/h4-7,13H,3,8-11H2,1-2H3. The van der Waals surface area contributed by atoms with Crippen molar-refractivity contribution in [2.75, 3.05) is 26.8 Å². The normalized spacial score (nSPS) is 19.4. The van der Waals surface area contributed by atoms with Gasteiger partial charge in [-0.05, 0) is 37.6 Å². The van der Waals surface area contributed by atoms with E-state index >= 15 is 0 Å². The Morgan fingerprint density at radius 3 is 2.74 bits per heavy atom. The van der Waals surface area contributed by atoms with Gasteiger partial charge in [0, 0.05) is 13.1 Å². The van der Waals surface area contributed by atoms with E-state index in [0.717, 1.165) is 31.8 Å². The van der Waals surface area contributed by atoms with Gasteiger partial charge < -0.3 is 9.47 Å². The zero-order valence-corrected chi connectivity index (χ0v) is 11.6. The summed E-state index contributed by atoms with van der Waals surface area (Å²) in [5.74, 6) is 0.854. The van der Waals surface area contributed by atoms with E-state index in [2.05, 4.69) is 17.0 Å². The van der Waals surface area contributed by atoms with Crippen LogP contribution < -0.4 is 4.74 Å². The molecule has 1 aromatic carbocycles. The number of nitrogens with zero attached hydrogens (tertiary/aromatic N) is 1. The predicted molar refractivity (Wildman–Crippen MR) is 73.0 cm³/mol. The maximum absolute atomic E-state index is 11.7. The number of benzene rings is 1. The van der Waals surface area contributed by atoms with Gasteiger partial charge in [-0.1, -0.05) is 12.1 Å². The van der Waals surface area contributed by atoms with Crippen molar-refractivity contribution in [1.82, 2.24) is 4.90 Å². The van der Waals surface area contributed by atoms with Crippen molar-refractivity contribution in [2.24, 2.45) is 5.92 Å². The van der Waals surface area contributed by atoms with Crippen LogP contribution in [0.2, 0.25) is 0 Å². The molecule has 4 nitrogen and oxygen atoms in total. The van der Waals surface area contributed by atoms with Crippen LogP contribution in [0.25, 0.3) is 0 Å². The topological polar surface area (TPSA) is 38.8 Å². The predicted octanol–water partition coefficient (Wildman–Crippen LogP) is 2.08. The minimum absolute atomic E-state index is 0.0400. The Bertz CT molecular complexity index is 416. The van der Waals surface area contributed by atoms with Gasteiger partial charge in [0.15, 0.2) is 0 Å². The quantitative estimate of drug-likeness (QED) is 0.762. The first-order valence-corrected chi connectivity index (χ1v) is 6.75. The molecule has 1 unspecified atom stereocenters. The van der Waals surface area contributed by atoms with Crippen molar-refractivity contribution in [2.45, 2.75) is 19.9 Å². The fraction of sp³-hybridized carbons (Fsp3) is 0.533. The number of hydrogen-bond donors (Lipinski definition) is 0. The van der Waals surface area contributed by atoms with Gasteiger partial charge in [-0.25, -0.2) is 0 Å². The molecular formula is C15H21NO3. The Labute approximate surface area is 114 Å². The average Bonchev–Trinajstić information content (AvgIpc) is 2.88. The van der Waals surface area contributed by atoms with Crippen molar-refractivity contribution >= 4 is 5.97 Å². The van der Waals surface area contributed by atoms with Crippen molar-refractivity contribution < 1.29 is 14.3 Å². The molecule has 1 fully saturated rings. The molecule has 104 valence electrons. The number of hydrogen-bond acceptors (Lipinski definition) is 4. The molecule has 1 saturated heterocycles. The SMILES string of the molecule is CCOC(=O)C1CCN(Cc2ccc(OC)cc2)C1. The van der Waals surface area contributed by atoms with Gasteiger partial charge in [-0.2, -0.15) is 0 Å². The van der Waals surface area contributed by atoms with Gasteiger partial charge in [0.05, 0.1) is 19.6 Å². The van der Waals surface area contributed by atoms with Crippen LogP contribution in [0.15, 0.2) is 24.3 Å². The average molecular weight is 263 g/mol. The Morgan fingerprint density at radius 1 is 1.37 bits per heavy atom. The Balaban J connectivity index is 1.85. The van der Waals surface area contributed by atoms with E-state index in [1.54, 1.807) is 7.11 Å². The zero-order chi connectivity index (χ0) is 13.7. The summed E-state index contributed by atoms with van der Waals surface area (Å²) in [7, 11) is 1.67. The Kier molecular flexibility index (Phi) is 4.80. The summed E-state index contributed by atoms with van der Waals surface area (Å²) in [6.07, 6.45) is 0.898. The molecule has 1 atom stereocenters. The molecule has 1 aromatic rings. The van der Waals surface area contributed by atoms with Gasteiger partial charge in [0.25, 0.3) is 0 Å². The number of ether oxygens (including phenoxy) is 2. The van der Waals surface area contributed by atoms with Crippen LogP contribution in [0, 0.1) is 5.92 Å². The molecule has 1 heterocycles. The van der Waals surface area contributed by atoms with Crippen LogP contribution in [-0.4, -0.2) is 37.7 Å². The highest BCUT2D eigenvalue weighted by Gasteiger charge is 2.29. The van der Waals surface area contributed by atoms with Gasteiger partial charge in [0.1, 0.15) is 5.75 Å². The first-order chi connectivity index (χ1) is 9.22. The molecule has 19 heavy (non-hydrogen) atoms. The smallest absolute Gasteiger partial charge is 0.310 e. The lowest BCUT2D eigenvalue weighted by molar-refractivity contribution is -0.147. The summed E-state index contributed by atoms with van der Waals surface area (Å²) >= 11 is 0. The second-order valence-electron chi connectivity index (χ2n) is 4.82. The molecule has 0 aliphatic carbocycles. The zero-order valence-electron chi connectivity index (χ0n) is 11.6. The van der Waals surface area contributed by atoms with E-state index in [1.807, 2.05) is 19.1 Å². The van der Waals surface area contributed by atoms with Gasteiger partial charge in [-0.3, -0.25) is 9.69 Å². The lowest BCUT2D eigenvalue weighted by Gasteiger charge is -2.15. The van der Waals surface area contributed by atoms with E-state index in [0.29, 0.717) is 6.61 Å². The fourth-order valence-electron chi connectivity index (χ4n) is 2.42. The first kappa shape index (κ1) is 13.9. The highest BCUT2D eigenvalue weighted by Crippen LogP contribution is 2.21. The first-order valence-electron chi connectivity index (χ1n) is 6.75. The molecule has 0 bridgehead atoms. The number of methoxy groups -OCH3 is 1. The summed E-state index contributed by atoms with van der Waals surface area (Å²) in [5, 5.41) is 0. The molecule has 0 saturated carbocycles. The molecule has 4 heteroatoms. The van der Waals surface area contributed by atoms with E-state index in [4.69, 9.17) is 9.47 Å². The van der Waals surface area contributed by atoms with E-state index in [-0.39, 0.29) is 11.9 Å². The third-order valence-electron chi connectivity index (χ3n) is 3.46. The van der Waals surface area contributed by atoms with Crippen LogP contribution >= 0.6 is 0 Å². The molecule has 1 aliphatic rings. The third-order valence-corrected chi connectivity index (χ3v) is 3.46. The summed E-state index contributed by atoms with van der Waals surface area (Å²) < 4.78 is 10.2. The van der Waals surface area contributed by atoms with Crippen molar-refractivity contribution in [3.8, 4) is 5.75 Å². The maximum atomic E-state index is 11.7. The van der Waals surface area contributed by atoms with Crippen molar-refractivity contribution in [3.63, 3.8) is 0 Å². The minimum atomic E-state index is -0.0558. The summed E-state index contributed by atoms with van der Waals surface area (Å²) in [4.78, 5) is 14.0. The molecule has 0 N–H and O–H groups in total. The molecule has 1 aliphatic heterocycles. The second kappa shape index (κ2) is 6.57. The highest BCUT2D eigenvalue weighted by molar-refractivity contribution is 5.73. The van der Waals surface area contributed by atoms with Gasteiger partial charge in [-0.15, -0.1) is 0 Å². The molecule has 0 spiro atoms. The molecule has 0 amide bonds. The van der Waals surface area contributed by atoms with Crippen LogP contribution in [-0.2, 0) is 16.1 Å². The monoisotopic (exact) mass is 263 g/mol. The van der Waals surface area contributed by atoms with Crippen LogP contribution in [0.4, 0.5) is 0 Å². The largest absolute Gasteiger partial charge is 0.497 e. The number of esters is 1. The molecule has 2 rings (SSSR count). The second-order valence-corrected chi connectivity index (χ2v) is 4.82. The number of carbonyl (C=O) groups excluding carboxylic acids is 1. The van der Waals surface area contributed by atoms with Gasteiger partial charge >= 0.3 is 5.97 Å². The molecule has 0 radical (unpaired) electrons. The van der Waals surface area contributed by atoms with Gasteiger partial charge in [0.2, 0.25) is 0 Å². The third kappa shape index (κ3) is 3.70. The number of rotatable bonds is 5. The highest BCUT2D eigenvalue weighted by atomic mass is 16.5. The van der Waals surface area contributed by atoms with Crippen molar-refractivity contribution in [1.29, 1.82) is 0 Å². The Morgan fingerprint density at radius 2 is 2.11 bits per heavy atom. The van der Waals surface area contributed by atoms with E-state index in [1.165, 1.54) is 5.56 Å². The summed E-state index contributed by atoms with van der Waals surface area (Å²) in [6.45, 7) is 4.94. The summed E-state index contributed by atoms with van der Waals surface area (Å²) in [5.41, 5.74) is 1.24. The van der Waals surface area contributed by atoms with Crippen LogP contribution in [0.3, 0.4) is 0 Å². The summed E-state index contributed by atoms with van der Waals surface area (Å²) in [6, 6.07) is 8.06. The molecule has 0 aromatic heterocycles. The van der Waals surface area contributed by atoms with Crippen LogP contribution in [0.1, 0.15) is 18.9 Å². The number of carbonyl (C=O) groups is 1. The molecular weight excluding hydrogens is 242 g/mol. The lowest BCUT2D eigenvalue weighted by atomic mass is 10.1. The lowest BCUT2D eigenvalue weighted by Crippen LogP contribution is -2.24. The van der Waals surface area contributed by atoms with Crippen LogP contribution in [0.5, 0.6) is 5.75 Å². The van der Waals surface area contributed by atoms with E-state index in [9.17, 15) is 4.79 Å². The maximum Gasteiger partial charge on any atom is 0.310 e.